The number of rotatable bonds is 5. The Hall–Kier alpha value is -3.05. The first kappa shape index (κ1) is 18.3. The number of pyridine rings is 1. The smallest absolute Gasteiger partial charge is 0.260 e. The number of carbonyl (C=O) groups is 1. The fraction of sp³-hybridized carbons (Fsp3) is 0.174. The van der Waals surface area contributed by atoms with Crippen molar-refractivity contribution in [3.05, 3.63) is 89.7 Å². The van der Waals surface area contributed by atoms with Gasteiger partial charge in [0.1, 0.15) is 0 Å². The molecule has 4 rings (SSSR count). The van der Waals surface area contributed by atoms with Crippen LogP contribution in [0.4, 0.5) is 5.13 Å². The average Bonchev–Trinajstić information content (AvgIpc) is 3.16. The monoisotopic (exact) mass is 387 g/mol. The largest absolute Gasteiger partial charge is 0.279 e. The van der Waals surface area contributed by atoms with E-state index in [1.807, 2.05) is 42.5 Å². The zero-order valence-electron chi connectivity index (χ0n) is 15.9. The van der Waals surface area contributed by atoms with E-state index in [1.54, 1.807) is 28.6 Å². The summed E-state index contributed by atoms with van der Waals surface area (Å²) in [6.45, 7) is 4.76. The number of thiazole rings is 1. The van der Waals surface area contributed by atoms with Gasteiger partial charge in [0.15, 0.2) is 5.13 Å². The van der Waals surface area contributed by atoms with E-state index < -0.39 is 0 Å². The van der Waals surface area contributed by atoms with E-state index in [0.717, 1.165) is 15.8 Å². The van der Waals surface area contributed by atoms with Gasteiger partial charge in [-0.3, -0.25) is 14.7 Å². The molecule has 0 atom stereocenters. The van der Waals surface area contributed by atoms with E-state index in [2.05, 4.69) is 37.0 Å². The molecule has 0 aliphatic rings. The molecule has 0 saturated carbocycles. The highest BCUT2D eigenvalue weighted by Gasteiger charge is 2.22. The SMILES string of the molecule is CC(C)c1cccc2sc(N(Cc3cccnc3)C(=O)c3ccccc3)nc12. The van der Waals surface area contributed by atoms with Crippen LogP contribution in [0.15, 0.2) is 73.1 Å². The topological polar surface area (TPSA) is 46.1 Å². The van der Waals surface area contributed by atoms with Gasteiger partial charge in [0.25, 0.3) is 5.91 Å². The van der Waals surface area contributed by atoms with Crippen molar-refractivity contribution in [1.82, 2.24) is 9.97 Å². The zero-order chi connectivity index (χ0) is 19.5. The summed E-state index contributed by atoms with van der Waals surface area (Å²) >= 11 is 1.55. The molecule has 5 heteroatoms. The first-order valence-corrected chi connectivity index (χ1v) is 10.1. The van der Waals surface area contributed by atoms with Crippen molar-refractivity contribution in [3.63, 3.8) is 0 Å². The van der Waals surface area contributed by atoms with E-state index in [9.17, 15) is 4.79 Å². The van der Waals surface area contributed by atoms with Crippen LogP contribution >= 0.6 is 11.3 Å². The Kier molecular flexibility index (Phi) is 5.17. The Bertz CT molecular complexity index is 1090. The third-order valence-electron chi connectivity index (χ3n) is 4.62. The molecule has 0 N–H and O–H groups in total. The van der Waals surface area contributed by atoms with E-state index in [0.29, 0.717) is 23.2 Å². The molecule has 0 bridgehead atoms. The lowest BCUT2D eigenvalue weighted by molar-refractivity contribution is 0.0985. The van der Waals surface area contributed by atoms with Crippen LogP contribution in [0.25, 0.3) is 10.2 Å². The highest BCUT2D eigenvalue weighted by molar-refractivity contribution is 7.22. The van der Waals surface area contributed by atoms with Crippen molar-refractivity contribution in [3.8, 4) is 0 Å². The lowest BCUT2D eigenvalue weighted by atomic mass is 10.0. The van der Waals surface area contributed by atoms with Crippen LogP contribution in [0.2, 0.25) is 0 Å². The number of hydrogen-bond donors (Lipinski definition) is 0. The Labute approximate surface area is 168 Å². The van der Waals surface area contributed by atoms with E-state index in [1.165, 1.54) is 5.56 Å². The number of amides is 1. The second kappa shape index (κ2) is 7.90. The molecule has 2 aromatic heterocycles. The van der Waals surface area contributed by atoms with Crippen LogP contribution in [-0.2, 0) is 6.54 Å². The Morgan fingerprint density at radius 3 is 2.57 bits per heavy atom. The number of carbonyl (C=O) groups excluding carboxylic acids is 1. The maximum Gasteiger partial charge on any atom is 0.260 e. The van der Waals surface area contributed by atoms with Crippen LogP contribution in [0.5, 0.6) is 0 Å². The van der Waals surface area contributed by atoms with Crippen molar-refractivity contribution in [2.24, 2.45) is 0 Å². The molecule has 4 nitrogen and oxygen atoms in total. The lowest BCUT2D eigenvalue weighted by Crippen LogP contribution is -2.30. The summed E-state index contributed by atoms with van der Waals surface area (Å²) in [4.78, 5) is 24.1. The minimum atomic E-state index is -0.0605. The van der Waals surface area contributed by atoms with Crippen molar-refractivity contribution in [2.45, 2.75) is 26.3 Å². The molecule has 28 heavy (non-hydrogen) atoms. The molecule has 0 aliphatic heterocycles. The zero-order valence-corrected chi connectivity index (χ0v) is 16.7. The quantitative estimate of drug-likeness (QED) is 0.444. The van der Waals surface area contributed by atoms with Gasteiger partial charge in [-0.05, 0) is 41.3 Å². The van der Waals surface area contributed by atoms with Crippen LogP contribution in [0, 0.1) is 0 Å². The molecule has 140 valence electrons. The van der Waals surface area contributed by atoms with Gasteiger partial charge in [-0.2, -0.15) is 0 Å². The minimum absolute atomic E-state index is 0.0605. The first-order chi connectivity index (χ1) is 13.6. The van der Waals surface area contributed by atoms with Crippen LogP contribution in [0.3, 0.4) is 0 Å². The minimum Gasteiger partial charge on any atom is -0.279 e. The molecule has 2 aromatic carbocycles. The second-order valence-electron chi connectivity index (χ2n) is 6.96. The van der Waals surface area contributed by atoms with Crippen LogP contribution in [0.1, 0.15) is 41.3 Å². The number of anilines is 1. The molecule has 0 unspecified atom stereocenters. The molecule has 0 spiro atoms. The lowest BCUT2D eigenvalue weighted by Gasteiger charge is -2.20. The van der Waals surface area contributed by atoms with Gasteiger partial charge in [-0.1, -0.05) is 61.6 Å². The van der Waals surface area contributed by atoms with Gasteiger partial charge in [0.05, 0.1) is 16.8 Å². The van der Waals surface area contributed by atoms with Gasteiger partial charge in [0.2, 0.25) is 0 Å². The first-order valence-electron chi connectivity index (χ1n) is 9.29. The maximum absolute atomic E-state index is 13.3. The summed E-state index contributed by atoms with van der Waals surface area (Å²) in [5, 5.41) is 0.709. The summed E-state index contributed by atoms with van der Waals surface area (Å²) in [7, 11) is 0. The number of fused-ring (bicyclic) bond motifs is 1. The summed E-state index contributed by atoms with van der Waals surface area (Å²) < 4.78 is 1.10. The third kappa shape index (κ3) is 3.66. The highest BCUT2D eigenvalue weighted by atomic mass is 32.1. The summed E-state index contributed by atoms with van der Waals surface area (Å²) in [5.74, 6) is 0.310. The van der Waals surface area contributed by atoms with Gasteiger partial charge in [-0.25, -0.2) is 4.98 Å². The Morgan fingerprint density at radius 1 is 1.04 bits per heavy atom. The average molecular weight is 388 g/mol. The third-order valence-corrected chi connectivity index (χ3v) is 5.66. The molecule has 4 aromatic rings. The van der Waals surface area contributed by atoms with Gasteiger partial charge >= 0.3 is 0 Å². The van der Waals surface area contributed by atoms with E-state index >= 15 is 0 Å². The normalized spacial score (nSPS) is 11.1. The van der Waals surface area contributed by atoms with Crippen molar-refractivity contribution >= 4 is 32.6 Å². The molecule has 2 heterocycles. The van der Waals surface area contributed by atoms with Crippen molar-refractivity contribution in [1.29, 1.82) is 0 Å². The molecule has 0 radical (unpaired) electrons. The highest BCUT2D eigenvalue weighted by Crippen LogP contribution is 2.34. The fourth-order valence-electron chi connectivity index (χ4n) is 3.18. The van der Waals surface area contributed by atoms with Gasteiger partial charge in [-0.15, -0.1) is 0 Å². The maximum atomic E-state index is 13.3. The van der Waals surface area contributed by atoms with Crippen LogP contribution < -0.4 is 4.90 Å². The molecule has 0 aliphatic carbocycles. The second-order valence-corrected chi connectivity index (χ2v) is 7.97. The van der Waals surface area contributed by atoms with Crippen molar-refractivity contribution < 1.29 is 4.79 Å². The predicted octanol–water partition coefficient (Wildman–Crippen LogP) is 5.66. The Morgan fingerprint density at radius 2 is 1.86 bits per heavy atom. The van der Waals surface area contributed by atoms with Crippen molar-refractivity contribution in [2.75, 3.05) is 4.90 Å². The predicted molar refractivity (Wildman–Crippen MR) is 115 cm³/mol. The molecular weight excluding hydrogens is 366 g/mol. The molecule has 1 amide bonds. The molecule has 0 fully saturated rings. The molecule has 0 saturated heterocycles. The number of para-hydroxylation sites is 1. The molecular formula is C23H21N3OS. The number of aromatic nitrogens is 2. The van der Waals surface area contributed by atoms with E-state index in [4.69, 9.17) is 4.98 Å². The summed E-state index contributed by atoms with van der Waals surface area (Å²) in [6.07, 6.45) is 3.53. The van der Waals surface area contributed by atoms with Gasteiger partial charge < -0.3 is 0 Å². The summed E-state index contributed by atoms with van der Waals surface area (Å²) in [5.41, 5.74) is 3.80. The fourth-order valence-corrected chi connectivity index (χ4v) is 4.17. The number of nitrogens with zero attached hydrogens (tertiary/aromatic N) is 3. The van der Waals surface area contributed by atoms with Crippen LogP contribution in [-0.4, -0.2) is 15.9 Å². The number of benzene rings is 2. The summed E-state index contributed by atoms with van der Waals surface area (Å²) in [6, 6.07) is 19.4. The standard InChI is InChI=1S/C23H21N3OS/c1-16(2)19-11-6-12-20-21(19)25-23(28-20)26(15-17-8-7-13-24-14-17)22(27)18-9-4-3-5-10-18/h3-14,16H,15H2,1-2H3. The van der Waals surface area contributed by atoms with Gasteiger partial charge in [0, 0.05) is 18.0 Å². The number of hydrogen-bond acceptors (Lipinski definition) is 4. The Balaban J connectivity index is 1.80. The van der Waals surface area contributed by atoms with E-state index in [-0.39, 0.29) is 5.91 Å².